The molecule has 0 fully saturated rings. The summed E-state index contributed by atoms with van der Waals surface area (Å²) in [5, 5.41) is 16.5. The Bertz CT molecular complexity index is 566. The molecule has 19 heavy (non-hydrogen) atoms. The number of nitrogens with zero attached hydrogens (tertiary/aromatic N) is 3. The fraction of sp³-hybridized carbons (Fsp3) is 0.333. The van der Waals surface area contributed by atoms with Gasteiger partial charge in [-0.25, -0.2) is 4.98 Å². The van der Waals surface area contributed by atoms with Gasteiger partial charge in [0.05, 0.1) is 6.04 Å². The molecule has 0 saturated carbocycles. The molecule has 0 aromatic carbocycles. The van der Waals surface area contributed by atoms with Crippen molar-refractivity contribution in [3.63, 3.8) is 0 Å². The van der Waals surface area contributed by atoms with E-state index in [2.05, 4.69) is 25.8 Å². The number of carbonyl (C=O) groups excluding carboxylic acids is 1. The molecule has 2 rings (SSSR count). The van der Waals surface area contributed by atoms with E-state index < -0.39 is 0 Å². The van der Waals surface area contributed by atoms with Gasteiger partial charge in [-0.2, -0.15) is 0 Å². The quantitative estimate of drug-likeness (QED) is 0.890. The van der Waals surface area contributed by atoms with Gasteiger partial charge in [0.1, 0.15) is 10.8 Å². The standard InChI is InChI=1S/C12H15N5OS/c1-7-6-19-12(14-7)8(2)15-10-5-4-9(16-17-10)11(18)13-3/h4-6,8H,1-3H3,(H,13,18)(H,15,17). The number of aromatic nitrogens is 3. The number of nitrogens with one attached hydrogen (secondary N) is 2. The zero-order chi connectivity index (χ0) is 13.8. The summed E-state index contributed by atoms with van der Waals surface area (Å²) in [6.45, 7) is 3.97. The highest BCUT2D eigenvalue weighted by molar-refractivity contribution is 7.09. The Kier molecular flexibility index (Phi) is 4.06. The Balaban J connectivity index is 2.05. The first-order valence-corrected chi connectivity index (χ1v) is 6.72. The number of hydrogen-bond acceptors (Lipinski definition) is 6. The van der Waals surface area contributed by atoms with Crippen molar-refractivity contribution in [3.8, 4) is 0 Å². The first kappa shape index (κ1) is 13.4. The summed E-state index contributed by atoms with van der Waals surface area (Å²) in [4.78, 5) is 15.7. The molecule has 6 nitrogen and oxygen atoms in total. The van der Waals surface area contributed by atoms with Crippen molar-refractivity contribution in [1.29, 1.82) is 0 Å². The molecule has 0 aliphatic heterocycles. The third-order valence-electron chi connectivity index (χ3n) is 2.50. The second kappa shape index (κ2) is 5.75. The monoisotopic (exact) mass is 277 g/mol. The zero-order valence-electron chi connectivity index (χ0n) is 11.0. The van der Waals surface area contributed by atoms with Crippen molar-refractivity contribution in [2.24, 2.45) is 0 Å². The van der Waals surface area contributed by atoms with Crippen LogP contribution in [0.15, 0.2) is 17.5 Å². The second-order valence-corrected chi connectivity index (χ2v) is 4.97. The van der Waals surface area contributed by atoms with Gasteiger partial charge in [0.2, 0.25) is 0 Å². The van der Waals surface area contributed by atoms with Crippen LogP contribution in [-0.4, -0.2) is 28.1 Å². The summed E-state index contributed by atoms with van der Waals surface area (Å²) >= 11 is 1.60. The van der Waals surface area contributed by atoms with E-state index in [1.54, 1.807) is 30.5 Å². The van der Waals surface area contributed by atoms with Crippen LogP contribution < -0.4 is 10.6 Å². The maximum Gasteiger partial charge on any atom is 0.271 e. The maximum absolute atomic E-state index is 11.3. The van der Waals surface area contributed by atoms with E-state index in [0.717, 1.165) is 10.7 Å². The van der Waals surface area contributed by atoms with Gasteiger partial charge in [0.25, 0.3) is 5.91 Å². The van der Waals surface area contributed by atoms with Crippen LogP contribution in [0.5, 0.6) is 0 Å². The van der Waals surface area contributed by atoms with Crippen molar-refractivity contribution in [1.82, 2.24) is 20.5 Å². The van der Waals surface area contributed by atoms with Crippen LogP contribution in [0.2, 0.25) is 0 Å². The highest BCUT2D eigenvalue weighted by Gasteiger charge is 2.11. The number of hydrogen-bond donors (Lipinski definition) is 2. The summed E-state index contributed by atoms with van der Waals surface area (Å²) < 4.78 is 0. The largest absolute Gasteiger partial charge is 0.360 e. The Morgan fingerprint density at radius 2 is 2.16 bits per heavy atom. The van der Waals surface area contributed by atoms with Gasteiger partial charge in [-0.15, -0.1) is 21.5 Å². The Morgan fingerprint density at radius 1 is 1.37 bits per heavy atom. The Hall–Kier alpha value is -2.02. The van der Waals surface area contributed by atoms with Crippen molar-refractivity contribution in [2.45, 2.75) is 19.9 Å². The molecule has 7 heteroatoms. The Morgan fingerprint density at radius 3 is 2.68 bits per heavy atom. The molecule has 1 amide bonds. The molecule has 1 atom stereocenters. The lowest BCUT2D eigenvalue weighted by molar-refractivity contribution is 0.0957. The average Bonchev–Trinajstić information content (AvgIpc) is 2.85. The zero-order valence-corrected chi connectivity index (χ0v) is 11.8. The van der Waals surface area contributed by atoms with Crippen molar-refractivity contribution in [3.05, 3.63) is 33.9 Å². The molecule has 2 N–H and O–H groups in total. The molecule has 2 aromatic rings. The summed E-state index contributed by atoms with van der Waals surface area (Å²) in [6, 6.07) is 3.42. The summed E-state index contributed by atoms with van der Waals surface area (Å²) in [6.07, 6.45) is 0. The van der Waals surface area contributed by atoms with Crippen molar-refractivity contribution >= 4 is 23.1 Å². The number of rotatable bonds is 4. The molecule has 2 aromatic heterocycles. The van der Waals surface area contributed by atoms with Gasteiger partial charge in [0.15, 0.2) is 5.69 Å². The van der Waals surface area contributed by atoms with Gasteiger partial charge >= 0.3 is 0 Å². The SMILES string of the molecule is CNC(=O)c1ccc(NC(C)c2nc(C)cs2)nn1. The third kappa shape index (κ3) is 3.25. The number of amides is 1. The first-order chi connectivity index (χ1) is 9.10. The van der Waals surface area contributed by atoms with Crippen LogP contribution in [0, 0.1) is 6.92 Å². The van der Waals surface area contributed by atoms with E-state index in [0.29, 0.717) is 11.5 Å². The van der Waals surface area contributed by atoms with Gasteiger partial charge < -0.3 is 10.6 Å². The smallest absolute Gasteiger partial charge is 0.271 e. The number of thiazole rings is 1. The average molecular weight is 277 g/mol. The van der Waals surface area contributed by atoms with E-state index in [4.69, 9.17) is 0 Å². The number of carbonyl (C=O) groups is 1. The molecule has 0 aliphatic rings. The van der Waals surface area contributed by atoms with Crippen LogP contribution in [0.1, 0.15) is 34.2 Å². The molecule has 0 saturated heterocycles. The van der Waals surface area contributed by atoms with Crippen LogP contribution >= 0.6 is 11.3 Å². The van der Waals surface area contributed by atoms with Crippen LogP contribution in [0.25, 0.3) is 0 Å². The summed E-state index contributed by atoms with van der Waals surface area (Å²) in [5.74, 6) is 0.371. The highest BCUT2D eigenvalue weighted by Crippen LogP contribution is 2.20. The Labute approximate surface area is 115 Å². The molecule has 0 aliphatic carbocycles. The second-order valence-electron chi connectivity index (χ2n) is 4.08. The highest BCUT2D eigenvalue weighted by atomic mass is 32.1. The molecule has 1 unspecified atom stereocenters. The minimum Gasteiger partial charge on any atom is -0.360 e. The summed E-state index contributed by atoms with van der Waals surface area (Å²) in [5.41, 5.74) is 1.31. The lowest BCUT2D eigenvalue weighted by Crippen LogP contribution is -2.20. The number of aryl methyl sites for hydroxylation is 1. The molecule has 0 spiro atoms. The molecule has 100 valence electrons. The van der Waals surface area contributed by atoms with Crippen molar-refractivity contribution < 1.29 is 4.79 Å². The molecule has 0 radical (unpaired) electrons. The topological polar surface area (TPSA) is 79.8 Å². The lowest BCUT2D eigenvalue weighted by atomic mass is 10.3. The first-order valence-electron chi connectivity index (χ1n) is 5.84. The van der Waals surface area contributed by atoms with E-state index in [9.17, 15) is 4.79 Å². The van der Waals surface area contributed by atoms with Crippen LogP contribution in [0.4, 0.5) is 5.82 Å². The van der Waals surface area contributed by atoms with E-state index in [1.165, 1.54) is 0 Å². The lowest BCUT2D eigenvalue weighted by Gasteiger charge is -2.11. The van der Waals surface area contributed by atoms with E-state index in [1.807, 2.05) is 19.2 Å². The van der Waals surface area contributed by atoms with Gasteiger partial charge in [-0.3, -0.25) is 4.79 Å². The van der Waals surface area contributed by atoms with E-state index in [-0.39, 0.29) is 11.9 Å². The summed E-state index contributed by atoms with van der Waals surface area (Å²) in [7, 11) is 1.56. The molecule has 0 bridgehead atoms. The predicted octanol–water partition coefficient (Wildman–Crippen LogP) is 1.77. The van der Waals surface area contributed by atoms with E-state index >= 15 is 0 Å². The molecular weight excluding hydrogens is 262 g/mol. The van der Waals surface area contributed by atoms with Gasteiger partial charge in [0, 0.05) is 18.1 Å². The fourth-order valence-corrected chi connectivity index (χ4v) is 2.32. The van der Waals surface area contributed by atoms with Crippen LogP contribution in [-0.2, 0) is 0 Å². The third-order valence-corrected chi connectivity index (χ3v) is 3.64. The molecular formula is C12H15N5OS. The van der Waals surface area contributed by atoms with Crippen LogP contribution in [0.3, 0.4) is 0 Å². The molecule has 2 heterocycles. The van der Waals surface area contributed by atoms with Gasteiger partial charge in [-0.05, 0) is 26.0 Å². The fourth-order valence-electron chi connectivity index (χ4n) is 1.51. The normalized spacial score (nSPS) is 11.9. The number of anilines is 1. The minimum atomic E-state index is -0.248. The maximum atomic E-state index is 11.3. The predicted molar refractivity (Wildman–Crippen MR) is 74.3 cm³/mol. The van der Waals surface area contributed by atoms with Crippen molar-refractivity contribution in [2.75, 3.05) is 12.4 Å². The minimum absolute atomic E-state index is 0.0545. The van der Waals surface area contributed by atoms with Gasteiger partial charge in [-0.1, -0.05) is 0 Å².